The van der Waals surface area contributed by atoms with Gasteiger partial charge in [-0.25, -0.2) is 4.98 Å². The van der Waals surface area contributed by atoms with Gasteiger partial charge in [-0.2, -0.15) is 0 Å². The van der Waals surface area contributed by atoms with Gasteiger partial charge in [0.25, 0.3) is 5.56 Å². The van der Waals surface area contributed by atoms with Gasteiger partial charge in [-0.15, -0.1) is 11.3 Å². The Morgan fingerprint density at radius 1 is 1.33 bits per heavy atom. The highest BCUT2D eigenvalue weighted by molar-refractivity contribution is 8.00. The second-order valence-corrected chi connectivity index (χ2v) is 7.37. The maximum atomic E-state index is 12.9. The first-order valence-electron chi connectivity index (χ1n) is 7.62. The Balaban J connectivity index is 2.12. The van der Waals surface area contributed by atoms with Crippen LogP contribution in [0.4, 0.5) is 0 Å². The van der Waals surface area contributed by atoms with Crippen LogP contribution < -0.4 is 10.9 Å². The molecular weight excluding hydrogens is 342 g/mol. The van der Waals surface area contributed by atoms with Crippen molar-refractivity contribution in [2.45, 2.75) is 24.3 Å². The molecule has 1 atom stereocenters. The summed E-state index contributed by atoms with van der Waals surface area (Å²) in [7, 11) is 0. The number of carbonyl (C=O) groups is 1. The number of hydrogen-bond acceptors (Lipinski definition) is 5. The summed E-state index contributed by atoms with van der Waals surface area (Å²) in [5.41, 5.74) is 0.631. The first-order valence-corrected chi connectivity index (χ1v) is 9.37. The quantitative estimate of drug-likeness (QED) is 0.562. The lowest BCUT2D eigenvalue weighted by molar-refractivity contribution is -0.120. The zero-order chi connectivity index (χ0) is 17.1. The van der Waals surface area contributed by atoms with E-state index in [1.807, 2.05) is 49.6 Å². The molecule has 0 saturated heterocycles. The summed E-state index contributed by atoms with van der Waals surface area (Å²) in [5.74, 6) is -0.0670. The summed E-state index contributed by atoms with van der Waals surface area (Å²) in [6.45, 7) is 4.27. The standard InChI is InChI=1S/C17H17N3O2S2/c1-3-18-14(21)11(2)24-17-19-15-13(9-10-23-15)16(22)20(17)12-7-5-4-6-8-12/h4-11H,3H2,1-2H3,(H,18,21)/t11-/m0/s1. The van der Waals surface area contributed by atoms with Gasteiger partial charge in [0, 0.05) is 6.54 Å². The van der Waals surface area contributed by atoms with E-state index in [1.165, 1.54) is 23.1 Å². The zero-order valence-corrected chi connectivity index (χ0v) is 15.0. The van der Waals surface area contributed by atoms with E-state index >= 15 is 0 Å². The van der Waals surface area contributed by atoms with Gasteiger partial charge < -0.3 is 5.32 Å². The Morgan fingerprint density at radius 3 is 2.79 bits per heavy atom. The van der Waals surface area contributed by atoms with Gasteiger partial charge in [-0.3, -0.25) is 14.2 Å². The molecule has 0 unspecified atom stereocenters. The summed E-state index contributed by atoms with van der Waals surface area (Å²) in [4.78, 5) is 30.3. The highest BCUT2D eigenvalue weighted by Crippen LogP contribution is 2.26. The third-order valence-corrected chi connectivity index (χ3v) is 5.34. The van der Waals surface area contributed by atoms with Crippen molar-refractivity contribution < 1.29 is 4.79 Å². The van der Waals surface area contributed by atoms with Crippen molar-refractivity contribution >= 4 is 39.2 Å². The van der Waals surface area contributed by atoms with Crippen LogP contribution in [0.3, 0.4) is 0 Å². The normalized spacial score (nSPS) is 12.2. The van der Waals surface area contributed by atoms with Gasteiger partial charge in [0.15, 0.2) is 5.16 Å². The predicted molar refractivity (Wildman–Crippen MR) is 99.2 cm³/mol. The van der Waals surface area contributed by atoms with Crippen LogP contribution in [0.1, 0.15) is 13.8 Å². The molecule has 0 aliphatic carbocycles. The molecule has 0 radical (unpaired) electrons. The molecule has 0 fully saturated rings. The summed E-state index contributed by atoms with van der Waals surface area (Å²) in [6.07, 6.45) is 0. The summed E-state index contributed by atoms with van der Waals surface area (Å²) in [5, 5.41) is 5.44. The second-order valence-electron chi connectivity index (χ2n) is 5.16. The van der Waals surface area contributed by atoms with Crippen LogP contribution >= 0.6 is 23.1 Å². The number of thiophene rings is 1. The highest BCUT2D eigenvalue weighted by atomic mass is 32.2. The molecule has 1 N–H and O–H groups in total. The minimum atomic E-state index is -0.343. The molecule has 0 aliphatic heterocycles. The average molecular weight is 359 g/mol. The number of aromatic nitrogens is 2. The fraction of sp³-hybridized carbons (Fsp3) is 0.235. The molecule has 1 amide bonds. The molecular formula is C17H17N3O2S2. The maximum Gasteiger partial charge on any atom is 0.267 e. The van der Waals surface area contributed by atoms with Crippen LogP contribution in [-0.4, -0.2) is 27.3 Å². The van der Waals surface area contributed by atoms with Crippen LogP contribution in [0.5, 0.6) is 0 Å². The molecule has 0 bridgehead atoms. The van der Waals surface area contributed by atoms with Crippen molar-refractivity contribution in [3.8, 4) is 5.69 Å². The van der Waals surface area contributed by atoms with Crippen molar-refractivity contribution in [3.63, 3.8) is 0 Å². The Kier molecular flexibility index (Phi) is 5.01. The van der Waals surface area contributed by atoms with Gasteiger partial charge >= 0.3 is 0 Å². The first kappa shape index (κ1) is 16.7. The number of nitrogens with one attached hydrogen (secondary N) is 1. The number of fused-ring (bicyclic) bond motifs is 1. The lowest BCUT2D eigenvalue weighted by Crippen LogP contribution is -2.31. The van der Waals surface area contributed by atoms with Crippen molar-refractivity contribution in [2.75, 3.05) is 6.54 Å². The van der Waals surface area contributed by atoms with Gasteiger partial charge in [-0.05, 0) is 37.4 Å². The number of thioether (sulfide) groups is 1. The second kappa shape index (κ2) is 7.19. The Morgan fingerprint density at radius 2 is 2.08 bits per heavy atom. The van der Waals surface area contributed by atoms with Gasteiger partial charge in [0.2, 0.25) is 5.91 Å². The van der Waals surface area contributed by atoms with E-state index < -0.39 is 0 Å². The number of para-hydroxylation sites is 1. The molecule has 5 nitrogen and oxygen atoms in total. The molecule has 124 valence electrons. The molecule has 0 saturated carbocycles. The summed E-state index contributed by atoms with van der Waals surface area (Å²) >= 11 is 2.72. The number of benzene rings is 1. The fourth-order valence-electron chi connectivity index (χ4n) is 2.31. The van der Waals surface area contributed by atoms with Crippen LogP contribution in [0.15, 0.2) is 51.7 Å². The molecule has 0 aliphatic rings. The van der Waals surface area contributed by atoms with Crippen LogP contribution in [-0.2, 0) is 4.79 Å². The number of rotatable bonds is 5. The van der Waals surface area contributed by atoms with Crippen LogP contribution in [0.25, 0.3) is 15.9 Å². The third-order valence-electron chi connectivity index (χ3n) is 3.48. The summed E-state index contributed by atoms with van der Waals surface area (Å²) in [6, 6.07) is 11.2. The predicted octanol–water partition coefficient (Wildman–Crippen LogP) is 3.06. The zero-order valence-electron chi connectivity index (χ0n) is 13.4. The lowest BCUT2D eigenvalue weighted by atomic mass is 10.3. The molecule has 0 spiro atoms. The molecule has 2 heterocycles. The van der Waals surface area contributed by atoms with Crippen molar-refractivity contribution in [2.24, 2.45) is 0 Å². The largest absolute Gasteiger partial charge is 0.355 e. The van der Waals surface area contributed by atoms with Crippen LogP contribution in [0, 0.1) is 0 Å². The maximum absolute atomic E-state index is 12.9. The van der Waals surface area contributed by atoms with Gasteiger partial charge in [-0.1, -0.05) is 30.0 Å². The number of nitrogens with zero attached hydrogens (tertiary/aromatic N) is 2. The molecule has 2 aromatic heterocycles. The van der Waals surface area contributed by atoms with E-state index in [-0.39, 0.29) is 16.7 Å². The molecule has 1 aromatic carbocycles. The van der Waals surface area contributed by atoms with E-state index in [9.17, 15) is 9.59 Å². The lowest BCUT2D eigenvalue weighted by Gasteiger charge is -2.15. The fourth-order valence-corrected chi connectivity index (χ4v) is 4.06. The Bertz CT molecular complexity index is 918. The van der Waals surface area contributed by atoms with Gasteiger partial charge in [0.1, 0.15) is 4.83 Å². The van der Waals surface area contributed by atoms with Crippen molar-refractivity contribution in [1.82, 2.24) is 14.9 Å². The highest BCUT2D eigenvalue weighted by Gasteiger charge is 2.20. The molecule has 24 heavy (non-hydrogen) atoms. The molecule has 3 aromatic rings. The van der Waals surface area contributed by atoms with Crippen LogP contribution in [0.2, 0.25) is 0 Å². The number of amides is 1. The van der Waals surface area contributed by atoms with Crippen molar-refractivity contribution in [3.05, 3.63) is 52.1 Å². The minimum Gasteiger partial charge on any atom is -0.355 e. The Hall–Kier alpha value is -2.12. The van der Waals surface area contributed by atoms with Crippen molar-refractivity contribution in [1.29, 1.82) is 0 Å². The van der Waals surface area contributed by atoms with E-state index in [4.69, 9.17) is 0 Å². The van der Waals surface area contributed by atoms with E-state index in [0.29, 0.717) is 21.9 Å². The topological polar surface area (TPSA) is 64.0 Å². The van der Waals surface area contributed by atoms with E-state index in [1.54, 1.807) is 10.6 Å². The Labute approximate surface area is 147 Å². The van der Waals surface area contributed by atoms with E-state index in [0.717, 1.165) is 5.69 Å². The number of hydrogen-bond donors (Lipinski definition) is 1. The smallest absolute Gasteiger partial charge is 0.267 e. The molecule has 3 rings (SSSR count). The monoisotopic (exact) mass is 359 g/mol. The van der Waals surface area contributed by atoms with Gasteiger partial charge in [0.05, 0.1) is 16.3 Å². The number of carbonyl (C=O) groups excluding carboxylic acids is 1. The SMILES string of the molecule is CCNC(=O)[C@H](C)Sc1nc2sccc2c(=O)n1-c1ccccc1. The van der Waals surface area contributed by atoms with E-state index in [2.05, 4.69) is 10.3 Å². The summed E-state index contributed by atoms with van der Waals surface area (Å²) < 4.78 is 1.58. The molecule has 7 heteroatoms. The first-order chi connectivity index (χ1) is 11.6. The minimum absolute atomic E-state index is 0.0670. The average Bonchev–Trinajstić information content (AvgIpc) is 3.05. The third kappa shape index (κ3) is 3.22.